The minimum Gasteiger partial charge on any atom is -0.328 e. The van der Waals surface area contributed by atoms with E-state index < -0.39 is 13.0 Å². The summed E-state index contributed by atoms with van der Waals surface area (Å²) >= 11 is 0. The molecule has 2 unspecified atom stereocenters. The summed E-state index contributed by atoms with van der Waals surface area (Å²) in [5, 5.41) is 0. The zero-order chi connectivity index (χ0) is 18.7. The van der Waals surface area contributed by atoms with Crippen molar-refractivity contribution in [3.8, 4) is 0 Å². The van der Waals surface area contributed by atoms with E-state index in [2.05, 4.69) is 32.9 Å². The summed E-state index contributed by atoms with van der Waals surface area (Å²) in [4.78, 5) is 4.08. The van der Waals surface area contributed by atoms with Crippen molar-refractivity contribution < 1.29 is 4.11 Å². The molecule has 0 aromatic heterocycles. The summed E-state index contributed by atoms with van der Waals surface area (Å²) in [6, 6.07) is 8.09. The molecule has 2 atom stereocenters. The van der Waals surface area contributed by atoms with Crippen LogP contribution in [0.5, 0.6) is 0 Å². The van der Waals surface area contributed by atoms with E-state index in [1.165, 1.54) is 31.4 Å². The number of rotatable bonds is 2. The average molecular weight is 311 g/mol. The largest absolute Gasteiger partial charge is 0.328 e. The molecule has 0 radical (unpaired) electrons. The van der Waals surface area contributed by atoms with Gasteiger partial charge in [0.25, 0.3) is 0 Å². The molecule has 1 aromatic rings. The molecular formula is C21H28N2. The molecule has 1 aromatic carbocycles. The molecule has 0 N–H and O–H groups in total. The van der Waals surface area contributed by atoms with Gasteiger partial charge >= 0.3 is 0 Å². The first-order valence-electron chi connectivity index (χ1n) is 10.3. The van der Waals surface area contributed by atoms with Crippen molar-refractivity contribution in [1.82, 2.24) is 4.90 Å². The quantitative estimate of drug-likeness (QED) is 0.719. The van der Waals surface area contributed by atoms with Gasteiger partial charge in [0.1, 0.15) is 6.17 Å². The number of para-hydroxylation sites is 1. The van der Waals surface area contributed by atoms with Crippen LogP contribution in [0, 0.1) is 18.3 Å². The highest BCUT2D eigenvalue weighted by Crippen LogP contribution is 2.54. The average Bonchev–Trinajstić information content (AvgIpc) is 3.26. The van der Waals surface area contributed by atoms with E-state index in [-0.39, 0.29) is 5.41 Å². The summed E-state index contributed by atoms with van der Waals surface area (Å²) in [6.45, 7) is 4.35. The van der Waals surface area contributed by atoms with Crippen LogP contribution in [0.15, 0.2) is 47.9 Å². The molecule has 0 saturated heterocycles. The molecule has 1 aliphatic carbocycles. The number of allylic oxidation sites excluding steroid dienone is 2. The third-order valence-corrected chi connectivity index (χ3v) is 6.14. The fourth-order valence-corrected chi connectivity index (χ4v) is 4.87. The Bertz CT molecular complexity index is 774. The zero-order valence-electron chi connectivity index (χ0n) is 17.3. The van der Waals surface area contributed by atoms with Crippen molar-refractivity contribution in [2.45, 2.75) is 59.5 Å². The number of aryl methyl sites for hydroxylation is 1. The van der Waals surface area contributed by atoms with Gasteiger partial charge in [0.05, 0.1) is 0 Å². The van der Waals surface area contributed by atoms with Crippen LogP contribution in [-0.2, 0) is 0 Å². The second-order valence-corrected chi connectivity index (χ2v) is 7.45. The second-order valence-electron chi connectivity index (χ2n) is 7.45. The van der Waals surface area contributed by atoms with Crippen LogP contribution >= 0.6 is 0 Å². The molecule has 4 rings (SSSR count). The molecule has 2 aliphatic heterocycles. The van der Waals surface area contributed by atoms with Crippen molar-refractivity contribution in [3.63, 3.8) is 0 Å². The molecule has 0 spiro atoms. The molecule has 23 heavy (non-hydrogen) atoms. The lowest BCUT2D eigenvalue weighted by atomic mass is 9.74. The van der Waals surface area contributed by atoms with Crippen LogP contribution < -0.4 is 4.90 Å². The van der Waals surface area contributed by atoms with E-state index in [0.717, 1.165) is 16.9 Å². The van der Waals surface area contributed by atoms with Crippen LogP contribution in [0.3, 0.4) is 0 Å². The molecule has 1 saturated carbocycles. The predicted octanol–water partition coefficient (Wildman–Crippen LogP) is 5.42. The second kappa shape index (κ2) is 5.15. The van der Waals surface area contributed by atoms with Crippen molar-refractivity contribution in [3.05, 3.63) is 53.5 Å². The monoisotopic (exact) mass is 311 g/mol. The lowest BCUT2D eigenvalue weighted by Gasteiger charge is -2.33. The highest BCUT2D eigenvalue weighted by atomic mass is 15.4. The smallest absolute Gasteiger partial charge is 0.107 e. The normalized spacial score (nSPS) is 33.2. The SMILES string of the molecule is [2H]C([2H])([2H])C1N2C=CC(C)(C3CCCC3)C2=C(C)N1c1ccccc1C. The lowest BCUT2D eigenvalue weighted by molar-refractivity contribution is 0.269. The lowest BCUT2D eigenvalue weighted by Crippen LogP contribution is -2.35. The van der Waals surface area contributed by atoms with Crippen LogP contribution in [0.2, 0.25) is 0 Å². The first-order chi connectivity index (χ1) is 12.2. The number of nitrogens with zero attached hydrogens (tertiary/aromatic N) is 2. The van der Waals surface area contributed by atoms with E-state index in [1.807, 2.05) is 34.2 Å². The maximum atomic E-state index is 8.25. The van der Waals surface area contributed by atoms with Crippen LogP contribution in [0.25, 0.3) is 0 Å². The fourth-order valence-electron chi connectivity index (χ4n) is 4.87. The van der Waals surface area contributed by atoms with Gasteiger partial charge in [-0.1, -0.05) is 44.0 Å². The Balaban J connectivity index is 1.86. The van der Waals surface area contributed by atoms with Gasteiger partial charge in [0, 0.05) is 32.8 Å². The Hall–Kier alpha value is -1.70. The summed E-state index contributed by atoms with van der Waals surface area (Å²) < 4.78 is 24.7. The molecule has 1 fully saturated rings. The van der Waals surface area contributed by atoms with Crippen molar-refractivity contribution in [2.24, 2.45) is 11.3 Å². The number of anilines is 1. The summed E-state index contributed by atoms with van der Waals surface area (Å²) in [5.74, 6) is 0.600. The Morgan fingerprint density at radius 3 is 2.61 bits per heavy atom. The van der Waals surface area contributed by atoms with Crippen molar-refractivity contribution in [2.75, 3.05) is 4.90 Å². The third kappa shape index (κ3) is 2.00. The number of benzene rings is 1. The van der Waals surface area contributed by atoms with Crippen LogP contribution in [0.4, 0.5) is 5.69 Å². The Morgan fingerprint density at radius 1 is 1.17 bits per heavy atom. The molecule has 2 heterocycles. The summed E-state index contributed by atoms with van der Waals surface area (Å²) in [7, 11) is 0. The maximum absolute atomic E-state index is 8.25. The molecular weight excluding hydrogens is 280 g/mol. The fraction of sp³-hybridized carbons (Fsp3) is 0.524. The van der Waals surface area contributed by atoms with Crippen LogP contribution in [-0.4, -0.2) is 11.1 Å². The van der Waals surface area contributed by atoms with Gasteiger partial charge in [-0.25, -0.2) is 0 Å². The summed E-state index contributed by atoms with van der Waals surface area (Å²) in [6.07, 6.45) is 8.65. The molecule has 2 nitrogen and oxygen atoms in total. The van der Waals surface area contributed by atoms with E-state index >= 15 is 0 Å². The van der Waals surface area contributed by atoms with Gasteiger partial charge in [0.15, 0.2) is 0 Å². The minimum absolute atomic E-state index is 0.0679. The maximum Gasteiger partial charge on any atom is 0.107 e. The molecule has 0 amide bonds. The highest BCUT2D eigenvalue weighted by molar-refractivity contribution is 5.62. The van der Waals surface area contributed by atoms with Crippen LogP contribution in [0.1, 0.15) is 56.1 Å². The number of fused-ring (bicyclic) bond motifs is 1. The number of hydrogen-bond acceptors (Lipinski definition) is 2. The summed E-state index contributed by atoms with van der Waals surface area (Å²) in [5.41, 5.74) is 4.31. The van der Waals surface area contributed by atoms with Gasteiger partial charge in [-0.05, 0) is 51.1 Å². The third-order valence-electron chi connectivity index (χ3n) is 6.14. The van der Waals surface area contributed by atoms with E-state index in [4.69, 9.17) is 4.11 Å². The Morgan fingerprint density at radius 2 is 1.91 bits per heavy atom. The van der Waals surface area contributed by atoms with Gasteiger partial charge < -0.3 is 9.80 Å². The molecule has 122 valence electrons. The van der Waals surface area contributed by atoms with Gasteiger partial charge in [-0.15, -0.1) is 0 Å². The van der Waals surface area contributed by atoms with E-state index in [0.29, 0.717) is 5.92 Å². The Labute approximate surface area is 144 Å². The minimum atomic E-state index is -2.10. The molecule has 0 bridgehead atoms. The molecule has 3 aliphatic rings. The van der Waals surface area contributed by atoms with E-state index in [1.54, 1.807) is 0 Å². The van der Waals surface area contributed by atoms with Crippen molar-refractivity contribution in [1.29, 1.82) is 0 Å². The van der Waals surface area contributed by atoms with Gasteiger partial charge in [0.2, 0.25) is 0 Å². The predicted molar refractivity (Wildman–Crippen MR) is 96.9 cm³/mol. The first-order valence-corrected chi connectivity index (χ1v) is 8.79. The zero-order valence-corrected chi connectivity index (χ0v) is 14.3. The highest BCUT2D eigenvalue weighted by Gasteiger charge is 2.49. The first kappa shape index (κ1) is 11.8. The van der Waals surface area contributed by atoms with Crippen molar-refractivity contribution >= 4 is 5.69 Å². The standard InChI is InChI=1S/C21H28N2/c1-15-9-5-8-12-19(15)23-16(2)20-21(4,18-10-6-7-11-18)13-14-22(20)17(23)3/h5,8-9,12-14,17-18H,6-7,10-11H2,1-4H3/i3D3. The topological polar surface area (TPSA) is 6.48 Å². The Kier molecular flexibility index (Phi) is 2.64. The molecule has 2 heteroatoms. The van der Waals surface area contributed by atoms with Gasteiger partial charge in [-0.3, -0.25) is 0 Å². The van der Waals surface area contributed by atoms with Gasteiger partial charge in [-0.2, -0.15) is 0 Å². The number of hydrogen-bond donors (Lipinski definition) is 0. The van der Waals surface area contributed by atoms with E-state index in [9.17, 15) is 0 Å².